The first-order valence-corrected chi connectivity index (χ1v) is 8.18. The maximum absolute atomic E-state index is 12.1. The summed E-state index contributed by atoms with van der Waals surface area (Å²) in [6.07, 6.45) is 0.607. The number of amides is 1. The highest BCUT2D eigenvalue weighted by atomic mass is 32.1. The van der Waals surface area contributed by atoms with Crippen LogP contribution < -0.4 is 11.1 Å². The van der Waals surface area contributed by atoms with Crippen LogP contribution >= 0.6 is 11.3 Å². The van der Waals surface area contributed by atoms with Crippen LogP contribution in [0.1, 0.15) is 21.2 Å². The molecule has 0 saturated carbocycles. The molecule has 0 aliphatic carbocycles. The number of nitrogens with zero attached hydrogens (tertiary/aromatic N) is 5. The standard InChI is InChI=1S/C15H17N7OS/c1-9-18-13(21-22(9)2)10-3-5-11(6-4-10)14(23)17-8-7-12-19-20-15(16)24-12/h3-6H,7-8H2,1-2H3,(H2,16,20)(H,17,23). The van der Waals surface area contributed by atoms with Crippen LogP contribution in [0.4, 0.5) is 5.13 Å². The van der Waals surface area contributed by atoms with Crippen molar-refractivity contribution in [2.24, 2.45) is 7.05 Å². The van der Waals surface area contributed by atoms with Crippen molar-refractivity contribution in [3.8, 4) is 11.4 Å². The van der Waals surface area contributed by atoms with Gasteiger partial charge in [0.1, 0.15) is 10.8 Å². The van der Waals surface area contributed by atoms with Gasteiger partial charge in [0.25, 0.3) is 5.91 Å². The number of nitrogens with two attached hydrogens (primary N) is 1. The molecule has 0 atom stereocenters. The number of nitrogens with one attached hydrogen (secondary N) is 1. The van der Waals surface area contributed by atoms with Crippen molar-refractivity contribution in [1.29, 1.82) is 0 Å². The Bertz CT molecular complexity index is 834. The largest absolute Gasteiger partial charge is 0.374 e. The molecule has 8 nitrogen and oxygen atoms in total. The molecule has 1 aromatic carbocycles. The van der Waals surface area contributed by atoms with Crippen LogP contribution in [-0.4, -0.2) is 37.4 Å². The summed E-state index contributed by atoms with van der Waals surface area (Å²) in [5.41, 5.74) is 6.98. The van der Waals surface area contributed by atoms with Gasteiger partial charge in [-0.15, -0.1) is 10.2 Å². The number of benzene rings is 1. The Morgan fingerprint density at radius 1 is 1.29 bits per heavy atom. The third-order valence-electron chi connectivity index (χ3n) is 3.49. The minimum atomic E-state index is -0.135. The van der Waals surface area contributed by atoms with Crippen LogP contribution in [0.5, 0.6) is 0 Å². The fourth-order valence-corrected chi connectivity index (χ4v) is 2.72. The van der Waals surface area contributed by atoms with Gasteiger partial charge in [-0.3, -0.25) is 9.48 Å². The van der Waals surface area contributed by atoms with Gasteiger partial charge in [0.15, 0.2) is 5.82 Å². The lowest BCUT2D eigenvalue weighted by atomic mass is 10.1. The van der Waals surface area contributed by atoms with E-state index in [1.54, 1.807) is 16.8 Å². The van der Waals surface area contributed by atoms with Crippen LogP contribution in [0.3, 0.4) is 0 Å². The van der Waals surface area contributed by atoms with E-state index in [9.17, 15) is 4.79 Å². The molecular weight excluding hydrogens is 326 g/mol. The second kappa shape index (κ2) is 6.75. The molecule has 3 rings (SSSR count). The number of hydrogen-bond acceptors (Lipinski definition) is 7. The fourth-order valence-electron chi connectivity index (χ4n) is 2.11. The number of anilines is 1. The smallest absolute Gasteiger partial charge is 0.251 e. The van der Waals surface area contributed by atoms with Gasteiger partial charge in [0, 0.05) is 31.1 Å². The first kappa shape index (κ1) is 16.1. The number of carbonyl (C=O) groups is 1. The lowest BCUT2D eigenvalue weighted by molar-refractivity contribution is 0.0954. The van der Waals surface area contributed by atoms with Crippen LogP contribution in [-0.2, 0) is 13.5 Å². The zero-order valence-electron chi connectivity index (χ0n) is 13.4. The molecule has 1 amide bonds. The number of hydrogen-bond donors (Lipinski definition) is 2. The molecule has 0 aliphatic heterocycles. The van der Waals surface area contributed by atoms with Crippen molar-refractivity contribution in [1.82, 2.24) is 30.3 Å². The third-order valence-corrected chi connectivity index (χ3v) is 4.31. The fraction of sp³-hybridized carbons (Fsp3) is 0.267. The first-order chi connectivity index (χ1) is 11.5. The van der Waals surface area contributed by atoms with Crippen molar-refractivity contribution in [2.75, 3.05) is 12.3 Å². The predicted octanol–water partition coefficient (Wildman–Crippen LogP) is 1.20. The summed E-state index contributed by atoms with van der Waals surface area (Å²) >= 11 is 1.33. The summed E-state index contributed by atoms with van der Waals surface area (Å²) in [4.78, 5) is 16.5. The highest BCUT2D eigenvalue weighted by Crippen LogP contribution is 2.16. The normalized spacial score (nSPS) is 10.8. The minimum Gasteiger partial charge on any atom is -0.374 e. The van der Waals surface area contributed by atoms with Gasteiger partial charge in [0.2, 0.25) is 5.13 Å². The average molecular weight is 343 g/mol. The molecule has 0 fully saturated rings. The van der Waals surface area contributed by atoms with Gasteiger partial charge in [-0.2, -0.15) is 5.10 Å². The number of carbonyl (C=O) groups excluding carboxylic acids is 1. The molecule has 0 aliphatic rings. The molecular formula is C15H17N7OS. The topological polar surface area (TPSA) is 112 Å². The van der Waals surface area contributed by atoms with Gasteiger partial charge >= 0.3 is 0 Å². The lowest BCUT2D eigenvalue weighted by Crippen LogP contribution is -2.25. The summed E-state index contributed by atoms with van der Waals surface area (Å²) < 4.78 is 1.72. The molecule has 0 spiro atoms. The number of aryl methyl sites for hydroxylation is 2. The predicted molar refractivity (Wildman–Crippen MR) is 91.5 cm³/mol. The highest BCUT2D eigenvalue weighted by Gasteiger charge is 2.09. The number of aromatic nitrogens is 5. The van der Waals surface area contributed by atoms with Crippen molar-refractivity contribution in [3.05, 3.63) is 40.7 Å². The van der Waals surface area contributed by atoms with E-state index in [0.717, 1.165) is 16.4 Å². The zero-order valence-corrected chi connectivity index (χ0v) is 14.2. The number of rotatable bonds is 5. The van der Waals surface area contributed by atoms with Crippen LogP contribution in [0, 0.1) is 6.92 Å². The van der Waals surface area contributed by atoms with E-state index in [1.165, 1.54) is 11.3 Å². The van der Waals surface area contributed by atoms with Crippen molar-refractivity contribution < 1.29 is 4.79 Å². The van der Waals surface area contributed by atoms with E-state index in [4.69, 9.17) is 5.73 Å². The van der Waals surface area contributed by atoms with E-state index >= 15 is 0 Å². The molecule has 0 bridgehead atoms. The van der Waals surface area contributed by atoms with Crippen molar-refractivity contribution >= 4 is 22.4 Å². The van der Waals surface area contributed by atoms with E-state index in [-0.39, 0.29) is 5.91 Å². The van der Waals surface area contributed by atoms with Crippen LogP contribution in [0.25, 0.3) is 11.4 Å². The summed E-state index contributed by atoms with van der Waals surface area (Å²) in [5.74, 6) is 1.35. The Morgan fingerprint density at radius 2 is 2.04 bits per heavy atom. The Kier molecular flexibility index (Phi) is 4.52. The van der Waals surface area contributed by atoms with E-state index in [0.29, 0.717) is 29.5 Å². The van der Waals surface area contributed by atoms with Crippen LogP contribution in [0.2, 0.25) is 0 Å². The maximum Gasteiger partial charge on any atom is 0.251 e. The first-order valence-electron chi connectivity index (χ1n) is 7.37. The molecule has 0 unspecified atom stereocenters. The summed E-state index contributed by atoms with van der Waals surface area (Å²) in [7, 11) is 1.85. The summed E-state index contributed by atoms with van der Waals surface area (Å²) in [6.45, 7) is 2.38. The molecule has 3 N–H and O–H groups in total. The Balaban J connectivity index is 1.59. The van der Waals surface area contributed by atoms with Crippen LogP contribution in [0.15, 0.2) is 24.3 Å². The molecule has 0 saturated heterocycles. The minimum absolute atomic E-state index is 0.135. The van der Waals surface area contributed by atoms with Crippen molar-refractivity contribution in [2.45, 2.75) is 13.3 Å². The van der Waals surface area contributed by atoms with Gasteiger partial charge in [0.05, 0.1) is 0 Å². The number of nitrogen functional groups attached to an aromatic ring is 1. The quantitative estimate of drug-likeness (QED) is 0.720. The highest BCUT2D eigenvalue weighted by molar-refractivity contribution is 7.15. The SMILES string of the molecule is Cc1nc(-c2ccc(C(=O)NCCc3nnc(N)s3)cc2)nn1C. The van der Waals surface area contributed by atoms with E-state index in [1.807, 2.05) is 26.1 Å². The van der Waals surface area contributed by atoms with Gasteiger partial charge in [-0.05, 0) is 19.1 Å². The second-order valence-corrected chi connectivity index (χ2v) is 6.32. The average Bonchev–Trinajstić information content (AvgIpc) is 3.13. The summed E-state index contributed by atoms with van der Waals surface area (Å²) in [5, 5.41) is 16.1. The van der Waals surface area contributed by atoms with Gasteiger partial charge in [-0.25, -0.2) is 4.98 Å². The lowest BCUT2D eigenvalue weighted by Gasteiger charge is -2.04. The molecule has 124 valence electrons. The van der Waals surface area contributed by atoms with Crippen molar-refractivity contribution in [3.63, 3.8) is 0 Å². The molecule has 2 aromatic heterocycles. The van der Waals surface area contributed by atoms with E-state index in [2.05, 4.69) is 25.6 Å². The molecule has 2 heterocycles. The maximum atomic E-state index is 12.1. The molecule has 3 aromatic rings. The molecule has 0 radical (unpaired) electrons. The molecule has 24 heavy (non-hydrogen) atoms. The Labute approximate surface area is 142 Å². The van der Waals surface area contributed by atoms with E-state index < -0.39 is 0 Å². The zero-order chi connectivity index (χ0) is 17.1. The Hall–Kier alpha value is -2.81. The molecule has 9 heteroatoms. The third kappa shape index (κ3) is 3.57. The van der Waals surface area contributed by atoms with Gasteiger partial charge in [-0.1, -0.05) is 23.5 Å². The summed E-state index contributed by atoms with van der Waals surface area (Å²) in [6, 6.07) is 7.21. The second-order valence-electron chi connectivity index (χ2n) is 5.22. The Morgan fingerprint density at radius 3 is 2.62 bits per heavy atom. The monoisotopic (exact) mass is 343 g/mol. The van der Waals surface area contributed by atoms with Gasteiger partial charge < -0.3 is 11.1 Å².